The molecule has 0 fully saturated rings. The van der Waals surface area contributed by atoms with Crippen LogP contribution >= 0.6 is 0 Å². The van der Waals surface area contributed by atoms with E-state index in [4.69, 9.17) is 5.11 Å². The molecule has 0 aliphatic heterocycles. The van der Waals surface area contributed by atoms with Gasteiger partial charge in [-0.25, -0.2) is 0 Å². The predicted molar refractivity (Wildman–Crippen MR) is 74.9 cm³/mol. The Balaban J connectivity index is 2.09. The molecule has 1 amide bonds. The Morgan fingerprint density at radius 2 is 2.35 bits per heavy atom. The second kappa shape index (κ2) is 6.55. The molecule has 1 aromatic heterocycles. The van der Waals surface area contributed by atoms with Crippen LogP contribution in [-0.4, -0.2) is 27.8 Å². The van der Waals surface area contributed by atoms with Crippen LogP contribution in [-0.2, 0) is 0 Å². The van der Waals surface area contributed by atoms with E-state index >= 15 is 0 Å². The third-order valence-electron chi connectivity index (χ3n) is 2.79. The molecule has 102 valence electrons. The number of carbonyl (C=O) groups excluding carboxylic acids is 1. The number of amides is 1. The lowest BCUT2D eigenvalue weighted by Gasteiger charge is -2.13. The number of aromatic amines is 1. The van der Waals surface area contributed by atoms with Gasteiger partial charge in [0.15, 0.2) is 0 Å². The lowest BCUT2D eigenvalue weighted by Crippen LogP contribution is -2.27. The van der Waals surface area contributed by atoms with Crippen LogP contribution in [0.3, 0.4) is 0 Å². The first-order valence-corrected chi connectivity index (χ1v) is 6.20. The Hall–Kier alpha value is -2.58. The van der Waals surface area contributed by atoms with Gasteiger partial charge in [-0.15, -0.1) is 0 Å². The zero-order valence-electron chi connectivity index (χ0n) is 11.1. The Morgan fingerprint density at radius 1 is 1.50 bits per heavy atom. The van der Waals surface area contributed by atoms with E-state index in [1.54, 1.807) is 6.07 Å². The third kappa shape index (κ3) is 3.46. The maximum Gasteiger partial charge on any atom is 0.269 e. The molecule has 1 atom stereocenters. The van der Waals surface area contributed by atoms with Crippen molar-refractivity contribution in [1.29, 1.82) is 0 Å². The van der Waals surface area contributed by atoms with Crippen LogP contribution in [0.1, 0.15) is 34.6 Å². The zero-order valence-corrected chi connectivity index (χ0v) is 11.1. The first-order chi connectivity index (χ1) is 9.70. The fourth-order valence-corrected chi connectivity index (χ4v) is 1.77. The largest absolute Gasteiger partial charge is 0.384 e. The molecule has 1 heterocycles. The highest BCUT2D eigenvalue weighted by atomic mass is 16.2. The molecular weight excluding hydrogens is 254 g/mol. The van der Waals surface area contributed by atoms with E-state index in [2.05, 4.69) is 27.4 Å². The minimum Gasteiger partial charge on any atom is -0.384 e. The van der Waals surface area contributed by atoms with Gasteiger partial charge in [0.2, 0.25) is 0 Å². The fourth-order valence-electron chi connectivity index (χ4n) is 1.77. The molecule has 5 heteroatoms. The maximum atomic E-state index is 11.9. The van der Waals surface area contributed by atoms with Crippen molar-refractivity contribution in [2.45, 2.75) is 13.0 Å². The van der Waals surface area contributed by atoms with Gasteiger partial charge < -0.3 is 10.4 Å². The van der Waals surface area contributed by atoms with E-state index < -0.39 is 0 Å². The van der Waals surface area contributed by atoms with Crippen molar-refractivity contribution in [1.82, 2.24) is 15.5 Å². The Labute approximate surface area is 117 Å². The van der Waals surface area contributed by atoms with Crippen molar-refractivity contribution in [2.24, 2.45) is 0 Å². The number of aromatic nitrogens is 2. The van der Waals surface area contributed by atoms with Crippen molar-refractivity contribution in [3.8, 4) is 11.8 Å². The van der Waals surface area contributed by atoms with Crippen LogP contribution < -0.4 is 5.32 Å². The molecule has 1 aromatic carbocycles. The van der Waals surface area contributed by atoms with Gasteiger partial charge in [-0.1, -0.05) is 24.0 Å². The van der Waals surface area contributed by atoms with Crippen LogP contribution in [0.4, 0.5) is 0 Å². The summed E-state index contributed by atoms with van der Waals surface area (Å²) >= 11 is 0. The standard InChI is InChI=1S/C15H15N3O2/c1-11(17-15(20)14-7-8-16-18-14)13-6-2-4-12(10-13)5-3-9-19/h2,4,6-8,10-11,19H,9H2,1H3,(H,16,18)(H,17,20). The normalized spacial score (nSPS) is 11.3. The molecule has 0 bridgehead atoms. The highest BCUT2D eigenvalue weighted by molar-refractivity contribution is 5.92. The minimum absolute atomic E-state index is 0.151. The van der Waals surface area contributed by atoms with E-state index in [0.29, 0.717) is 5.69 Å². The summed E-state index contributed by atoms with van der Waals surface area (Å²) in [6.07, 6.45) is 1.53. The Bertz CT molecular complexity index is 639. The molecule has 1 unspecified atom stereocenters. The summed E-state index contributed by atoms with van der Waals surface area (Å²) in [5, 5.41) is 17.9. The number of nitrogens with zero attached hydrogens (tertiary/aromatic N) is 1. The molecule has 20 heavy (non-hydrogen) atoms. The number of benzene rings is 1. The van der Waals surface area contributed by atoms with E-state index in [1.807, 2.05) is 31.2 Å². The van der Waals surface area contributed by atoms with Crippen molar-refractivity contribution in [3.63, 3.8) is 0 Å². The summed E-state index contributed by atoms with van der Waals surface area (Å²) in [7, 11) is 0. The highest BCUT2D eigenvalue weighted by Crippen LogP contribution is 2.14. The average molecular weight is 269 g/mol. The summed E-state index contributed by atoms with van der Waals surface area (Å²) in [5.74, 6) is 5.23. The van der Waals surface area contributed by atoms with Crippen molar-refractivity contribution >= 4 is 5.91 Å². The summed E-state index contributed by atoms with van der Waals surface area (Å²) in [4.78, 5) is 11.9. The number of nitrogens with one attached hydrogen (secondary N) is 2. The molecule has 0 saturated heterocycles. The topological polar surface area (TPSA) is 78.0 Å². The average Bonchev–Trinajstić information content (AvgIpc) is 2.99. The van der Waals surface area contributed by atoms with Gasteiger partial charge in [0.25, 0.3) is 5.91 Å². The van der Waals surface area contributed by atoms with Gasteiger partial charge in [-0.3, -0.25) is 9.89 Å². The van der Waals surface area contributed by atoms with Crippen molar-refractivity contribution in [3.05, 3.63) is 53.3 Å². The lowest BCUT2D eigenvalue weighted by molar-refractivity contribution is 0.0935. The molecule has 5 nitrogen and oxygen atoms in total. The van der Waals surface area contributed by atoms with Crippen LogP contribution in [0.5, 0.6) is 0 Å². The van der Waals surface area contributed by atoms with Gasteiger partial charge >= 0.3 is 0 Å². The quantitative estimate of drug-likeness (QED) is 0.734. The molecule has 0 aliphatic carbocycles. The summed E-state index contributed by atoms with van der Waals surface area (Å²) < 4.78 is 0. The molecule has 0 saturated carbocycles. The van der Waals surface area contributed by atoms with Gasteiger partial charge in [-0.05, 0) is 30.7 Å². The van der Waals surface area contributed by atoms with E-state index in [0.717, 1.165) is 11.1 Å². The monoisotopic (exact) mass is 269 g/mol. The van der Waals surface area contributed by atoms with Crippen molar-refractivity contribution < 1.29 is 9.90 Å². The number of aliphatic hydroxyl groups excluding tert-OH is 1. The van der Waals surface area contributed by atoms with Crippen LogP contribution in [0.15, 0.2) is 36.5 Å². The SMILES string of the molecule is CC(NC(=O)c1ccn[nH]1)c1cccc(C#CCO)c1. The number of hydrogen-bond donors (Lipinski definition) is 3. The van der Waals surface area contributed by atoms with E-state index in [9.17, 15) is 4.79 Å². The molecule has 0 aliphatic rings. The fraction of sp³-hybridized carbons (Fsp3) is 0.200. The van der Waals surface area contributed by atoms with Gasteiger partial charge in [0.05, 0.1) is 6.04 Å². The molecule has 3 N–H and O–H groups in total. The van der Waals surface area contributed by atoms with E-state index in [-0.39, 0.29) is 18.6 Å². The minimum atomic E-state index is -0.207. The second-order valence-electron chi connectivity index (χ2n) is 4.25. The summed E-state index contributed by atoms with van der Waals surface area (Å²) in [5.41, 5.74) is 2.18. The van der Waals surface area contributed by atoms with Gasteiger partial charge in [0.1, 0.15) is 12.3 Å². The second-order valence-corrected chi connectivity index (χ2v) is 4.25. The van der Waals surface area contributed by atoms with Crippen LogP contribution in [0.2, 0.25) is 0 Å². The van der Waals surface area contributed by atoms with E-state index in [1.165, 1.54) is 6.20 Å². The number of carbonyl (C=O) groups is 1. The number of H-pyrrole nitrogens is 1. The first-order valence-electron chi connectivity index (χ1n) is 6.20. The predicted octanol–water partition coefficient (Wildman–Crippen LogP) is 1.24. The molecule has 2 aromatic rings. The molecule has 0 radical (unpaired) electrons. The molecule has 2 rings (SSSR count). The lowest BCUT2D eigenvalue weighted by atomic mass is 10.1. The first kappa shape index (κ1) is 13.8. The number of rotatable bonds is 3. The maximum absolute atomic E-state index is 11.9. The molecule has 0 spiro atoms. The molecular formula is C15H15N3O2. The van der Waals surface area contributed by atoms with Crippen molar-refractivity contribution in [2.75, 3.05) is 6.61 Å². The Morgan fingerprint density at radius 3 is 3.05 bits per heavy atom. The third-order valence-corrected chi connectivity index (χ3v) is 2.79. The summed E-state index contributed by atoms with van der Waals surface area (Å²) in [6.45, 7) is 1.73. The number of aliphatic hydroxyl groups is 1. The van der Waals surface area contributed by atoms with Gasteiger partial charge in [0, 0.05) is 11.8 Å². The number of hydrogen-bond acceptors (Lipinski definition) is 3. The highest BCUT2D eigenvalue weighted by Gasteiger charge is 2.12. The smallest absolute Gasteiger partial charge is 0.269 e. The zero-order chi connectivity index (χ0) is 14.4. The van der Waals surface area contributed by atoms with Crippen LogP contribution in [0, 0.1) is 11.8 Å². The van der Waals surface area contributed by atoms with Gasteiger partial charge in [-0.2, -0.15) is 5.10 Å². The Kier molecular flexibility index (Phi) is 4.53. The van der Waals surface area contributed by atoms with Crippen LogP contribution in [0.25, 0.3) is 0 Å². The summed E-state index contributed by atoms with van der Waals surface area (Å²) in [6, 6.07) is 9.00.